The molecule has 1 aliphatic heterocycles. The molecule has 4 nitrogen and oxygen atoms in total. The lowest BCUT2D eigenvalue weighted by Gasteiger charge is -2.36. The molecule has 0 spiro atoms. The van der Waals surface area contributed by atoms with Crippen LogP contribution >= 0.6 is 15.9 Å². The maximum atomic E-state index is 5.96. The number of nitrogens with one attached hydrogen (secondary N) is 1. The third-order valence-corrected chi connectivity index (χ3v) is 4.10. The number of hydrogen-bond donors (Lipinski definition) is 1. The number of morpholine rings is 1. The minimum atomic E-state index is 0.106. The molecule has 2 unspecified atom stereocenters. The largest absolute Gasteiger partial charge is 0.466 e. The van der Waals surface area contributed by atoms with Gasteiger partial charge in [-0.05, 0) is 41.5 Å². The monoisotopic (exact) mass is 330 g/mol. The smallest absolute Gasteiger partial charge is 0.137 e. The van der Waals surface area contributed by atoms with Crippen LogP contribution < -0.4 is 5.32 Å². The van der Waals surface area contributed by atoms with E-state index in [-0.39, 0.29) is 12.1 Å². The van der Waals surface area contributed by atoms with Crippen LogP contribution in [0.25, 0.3) is 0 Å². The van der Waals surface area contributed by atoms with Crippen molar-refractivity contribution in [3.05, 3.63) is 22.6 Å². The fourth-order valence-corrected chi connectivity index (χ4v) is 3.04. The normalized spacial score (nSPS) is 22.6. The van der Waals surface area contributed by atoms with Crippen molar-refractivity contribution in [2.75, 3.05) is 32.8 Å². The average Bonchev–Trinajstić information content (AvgIpc) is 2.83. The van der Waals surface area contributed by atoms with Crippen LogP contribution in [-0.4, -0.2) is 43.8 Å². The highest BCUT2D eigenvalue weighted by atomic mass is 79.9. The van der Waals surface area contributed by atoms with Gasteiger partial charge in [0, 0.05) is 13.1 Å². The summed E-state index contributed by atoms with van der Waals surface area (Å²) in [6.07, 6.45) is 3.04. The summed E-state index contributed by atoms with van der Waals surface area (Å²) in [7, 11) is 0. The molecular formula is C14H23BrN2O2. The van der Waals surface area contributed by atoms with Crippen LogP contribution in [0, 0.1) is 0 Å². The summed E-state index contributed by atoms with van der Waals surface area (Å²) in [6, 6.07) is 2.04. The molecular weight excluding hydrogens is 308 g/mol. The number of likely N-dealkylation sites (N-methyl/N-ethyl adjacent to an activating group) is 1. The van der Waals surface area contributed by atoms with Gasteiger partial charge in [0.05, 0.1) is 29.5 Å². The van der Waals surface area contributed by atoms with Gasteiger partial charge in [-0.2, -0.15) is 0 Å². The predicted octanol–water partition coefficient (Wildman–Crippen LogP) is 2.80. The van der Waals surface area contributed by atoms with Gasteiger partial charge in [-0.25, -0.2) is 0 Å². The van der Waals surface area contributed by atoms with E-state index >= 15 is 0 Å². The third kappa shape index (κ3) is 3.81. The molecule has 1 fully saturated rings. The summed E-state index contributed by atoms with van der Waals surface area (Å²) in [5, 5.41) is 3.48. The van der Waals surface area contributed by atoms with E-state index in [1.54, 1.807) is 6.26 Å². The highest BCUT2D eigenvalue weighted by Gasteiger charge is 2.31. The Morgan fingerprint density at radius 2 is 2.37 bits per heavy atom. The SMILES string of the molecule is CCCN1CCOC(C(NCC)c2occc2Br)C1. The maximum absolute atomic E-state index is 5.96. The molecule has 0 bridgehead atoms. The first-order valence-electron chi connectivity index (χ1n) is 7.06. The highest BCUT2D eigenvalue weighted by molar-refractivity contribution is 9.10. The Kier molecular flexibility index (Phi) is 5.88. The minimum Gasteiger partial charge on any atom is -0.466 e. The van der Waals surface area contributed by atoms with Gasteiger partial charge in [0.15, 0.2) is 0 Å². The van der Waals surface area contributed by atoms with Crippen LogP contribution in [0.15, 0.2) is 21.2 Å². The van der Waals surface area contributed by atoms with E-state index in [1.165, 1.54) is 6.42 Å². The second kappa shape index (κ2) is 7.43. The number of hydrogen-bond acceptors (Lipinski definition) is 4. The van der Waals surface area contributed by atoms with E-state index in [4.69, 9.17) is 9.15 Å². The van der Waals surface area contributed by atoms with Gasteiger partial charge in [0.2, 0.25) is 0 Å². The summed E-state index contributed by atoms with van der Waals surface area (Å²) >= 11 is 3.55. The highest BCUT2D eigenvalue weighted by Crippen LogP contribution is 2.29. The van der Waals surface area contributed by atoms with E-state index < -0.39 is 0 Å². The zero-order chi connectivity index (χ0) is 13.7. The Morgan fingerprint density at radius 1 is 1.53 bits per heavy atom. The molecule has 1 N–H and O–H groups in total. The van der Waals surface area contributed by atoms with Crippen LogP contribution in [0.1, 0.15) is 32.1 Å². The number of halogens is 1. The van der Waals surface area contributed by atoms with E-state index in [0.717, 1.165) is 43.0 Å². The molecule has 0 radical (unpaired) electrons. The van der Waals surface area contributed by atoms with E-state index in [9.17, 15) is 0 Å². The van der Waals surface area contributed by atoms with Crippen molar-refractivity contribution < 1.29 is 9.15 Å². The van der Waals surface area contributed by atoms with Gasteiger partial charge in [0.1, 0.15) is 5.76 Å². The molecule has 2 rings (SSSR count). The van der Waals surface area contributed by atoms with Crippen LogP contribution in [0.2, 0.25) is 0 Å². The molecule has 1 aliphatic rings. The number of ether oxygens (including phenoxy) is 1. The summed E-state index contributed by atoms with van der Waals surface area (Å²) in [5.41, 5.74) is 0. The van der Waals surface area contributed by atoms with Gasteiger partial charge in [-0.3, -0.25) is 4.90 Å². The Balaban J connectivity index is 2.08. The standard InChI is InChI=1S/C14H23BrN2O2/c1-3-6-17-7-9-18-12(10-17)13(16-4-2)14-11(15)5-8-19-14/h5,8,12-13,16H,3-4,6-7,9-10H2,1-2H3. The summed E-state index contributed by atoms with van der Waals surface area (Å²) in [4.78, 5) is 2.47. The lowest BCUT2D eigenvalue weighted by molar-refractivity contribution is -0.0501. The van der Waals surface area contributed by atoms with Crippen LogP contribution in [0.4, 0.5) is 0 Å². The van der Waals surface area contributed by atoms with Gasteiger partial charge in [0.25, 0.3) is 0 Å². The lowest BCUT2D eigenvalue weighted by Crippen LogP contribution is -2.48. The average molecular weight is 331 g/mol. The molecule has 108 valence electrons. The first-order chi connectivity index (χ1) is 9.26. The molecule has 5 heteroatoms. The first kappa shape index (κ1) is 15.0. The molecule has 0 aliphatic carbocycles. The number of nitrogens with zero attached hydrogens (tertiary/aromatic N) is 1. The van der Waals surface area contributed by atoms with Crippen molar-refractivity contribution in [1.29, 1.82) is 0 Å². The van der Waals surface area contributed by atoms with E-state index in [2.05, 4.69) is 40.0 Å². The summed E-state index contributed by atoms with van der Waals surface area (Å²) < 4.78 is 12.6. The molecule has 1 aromatic rings. The second-order valence-electron chi connectivity index (χ2n) is 4.88. The Hall–Kier alpha value is -0.360. The fourth-order valence-electron chi connectivity index (χ4n) is 2.59. The van der Waals surface area contributed by atoms with Gasteiger partial charge < -0.3 is 14.5 Å². The summed E-state index contributed by atoms with van der Waals surface area (Å²) in [5.74, 6) is 0.935. The zero-order valence-electron chi connectivity index (χ0n) is 11.7. The molecule has 2 atom stereocenters. The van der Waals surface area contributed by atoms with Gasteiger partial charge in [-0.1, -0.05) is 13.8 Å². The van der Waals surface area contributed by atoms with Crippen molar-refractivity contribution in [3.8, 4) is 0 Å². The second-order valence-corrected chi connectivity index (χ2v) is 5.73. The van der Waals surface area contributed by atoms with Crippen LogP contribution in [0.3, 0.4) is 0 Å². The van der Waals surface area contributed by atoms with Crippen molar-refractivity contribution in [3.63, 3.8) is 0 Å². The maximum Gasteiger partial charge on any atom is 0.137 e. The molecule has 1 saturated heterocycles. The van der Waals surface area contributed by atoms with E-state index in [0.29, 0.717) is 0 Å². The first-order valence-corrected chi connectivity index (χ1v) is 7.85. The van der Waals surface area contributed by atoms with Crippen molar-refractivity contribution >= 4 is 15.9 Å². The van der Waals surface area contributed by atoms with Crippen molar-refractivity contribution in [1.82, 2.24) is 10.2 Å². The third-order valence-electron chi connectivity index (χ3n) is 3.44. The summed E-state index contributed by atoms with van der Waals surface area (Å²) in [6.45, 7) is 9.14. The lowest BCUT2D eigenvalue weighted by atomic mass is 10.1. The fraction of sp³-hybridized carbons (Fsp3) is 0.714. The Morgan fingerprint density at radius 3 is 3.00 bits per heavy atom. The quantitative estimate of drug-likeness (QED) is 0.870. The molecule has 1 aromatic heterocycles. The molecule has 0 aromatic carbocycles. The number of rotatable bonds is 6. The molecule has 19 heavy (non-hydrogen) atoms. The topological polar surface area (TPSA) is 37.6 Å². The zero-order valence-corrected chi connectivity index (χ0v) is 13.3. The minimum absolute atomic E-state index is 0.106. The van der Waals surface area contributed by atoms with Gasteiger partial charge in [-0.15, -0.1) is 0 Å². The van der Waals surface area contributed by atoms with Crippen molar-refractivity contribution in [2.45, 2.75) is 32.4 Å². The molecule has 0 amide bonds. The van der Waals surface area contributed by atoms with Crippen molar-refractivity contribution in [2.24, 2.45) is 0 Å². The van der Waals surface area contributed by atoms with Crippen LogP contribution in [0.5, 0.6) is 0 Å². The van der Waals surface area contributed by atoms with E-state index in [1.807, 2.05) is 6.07 Å². The van der Waals surface area contributed by atoms with Gasteiger partial charge >= 0.3 is 0 Å². The molecule has 2 heterocycles. The van der Waals surface area contributed by atoms with Crippen LogP contribution in [-0.2, 0) is 4.74 Å². The predicted molar refractivity (Wildman–Crippen MR) is 79.3 cm³/mol. The Bertz CT molecular complexity index is 381. The number of furan rings is 1. The molecule has 0 saturated carbocycles. The Labute approximate surface area is 123 Å².